The van der Waals surface area contributed by atoms with Crippen LogP contribution >= 0.6 is 15.9 Å². The molecule has 1 heterocycles. The predicted molar refractivity (Wildman–Crippen MR) is 79.6 cm³/mol. The third-order valence-electron chi connectivity index (χ3n) is 2.99. The van der Waals surface area contributed by atoms with Gasteiger partial charge < -0.3 is 9.64 Å². The summed E-state index contributed by atoms with van der Waals surface area (Å²) >= 11 is 3.40. The van der Waals surface area contributed by atoms with Crippen LogP contribution in [-0.2, 0) is 16.0 Å². The molecule has 0 N–H and O–H groups in total. The van der Waals surface area contributed by atoms with E-state index in [1.54, 1.807) is 4.90 Å². The zero-order valence-corrected chi connectivity index (χ0v) is 13.5. The predicted octanol–water partition coefficient (Wildman–Crippen LogP) is 2.79. The van der Waals surface area contributed by atoms with Gasteiger partial charge in [0.25, 0.3) is 5.91 Å². The van der Waals surface area contributed by atoms with Crippen molar-refractivity contribution in [1.29, 1.82) is 0 Å². The van der Waals surface area contributed by atoms with Gasteiger partial charge in [0, 0.05) is 11.0 Å². The Morgan fingerprint density at radius 3 is 2.75 bits per heavy atom. The van der Waals surface area contributed by atoms with E-state index in [4.69, 9.17) is 4.74 Å². The van der Waals surface area contributed by atoms with Gasteiger partial charge in [0.1, 0.15) is 12.1 Å². The number of fused-ring (bicyclic) bond motifs is 1. The smallest absolute Gasteiger partial charge is 0.326 e. The fourth-order valence-corrected chi connectivity index (χ4v) is 2.79. The molecular weight excluding hydrogens is 322 g/mol. The van der Waals surface area contributed by atoms with E-state index in [0.717, 1.165) is 16.5 Å². The molecule has 1 aliphatic heterocycles. The Hall–Kier alpha value is -1.36. The van der Waals surface area contributed by atoms with Gasteiger partial charge in [0.2, 0.25) is 0 Å². The van der Waals surface area contributed by atoms with Crippen LogP contribution in [0.2, 0.25) is 0 Å². The van der Waals surface area contributed by atoms with Crippen LogP contribution in [0.5, 0.6) is 0 Å². The molecule has 20 heavy (non-hydrogen) atoms. The summed E-state index contributed by atoms with van der Waals surface area (Å²) in [5.74, 6) is -0.495. The highest BCUT2D eigenvalue weighted by molar-refractivity contribution is 9.10. The Morgan fingerprint density at radius 2 is 2.10 bits per heavy atom. The zero-order chi connectivity index (χ0) is 14.9. The van der Waals surface area contributed by atoms with E-state index in [1.165, 1.54) is 0 Å². The lowest BCUT2D eigenvalue weighted by molar-refractivity contribution is -0.155. The van der Waals surface area contributed by atoms with Crippen LogP contribution in [0.1, 0.15) is 36.7 Å². The van der Waals surface area contributed by atoms with E-state index in [1.807, 2.05) is 39.0 Å². The van der Waals surface area contributed by atoms with E-state index in [2.05, 4.69) is 15.9 Å². The second kappa shape index (κ2) is 5.56. The van der Waals surface area contributed by atoms with Gasteiger partial charge in [-0.3, -0.25) is 9.59 Å². The zero-order valence-electron chi connectivity index (χ0n) is 11.9. The number of rotatable bonds is 2. The van der Waals surface area contributed by atoms with Crippen LogP contribution in [-0.4, -0.2) is 35.5 Å². The first-order chi connectivity index (χ1) is 9.28. The van der Waals surface area contributed by atoms with Crippen LogP contribution in [0.15, 0.2) is 22.7 Å². The molecule has 0 saturated heterocycles. The summed E-state index contributed by atoms with van der Waals surface area (Å²) in [4.78, 5) is 25.8. The van der Waals surface area contributed by atoms with Crippen molar-refractivity contribution in [3.05, 3.63) is 33.8 Å². The number of esters is 1. The monoisotopic (exact) mass is 339 g/mol. The molecule has 0 unspecified atom stereocenters. The largest absolute Gasteiger partial charge is 0.459 e. The molecule has 2 rings (SSSR count). The third-order valence-corrected chi connectivity index (χ3v) is 3.65. The fraction of sp³-hybridized carbons (Fsp3) is 0.467. The second-order valence-electron chi connectivity index (χ2n) is 5.84. The van der Waals surface area contributed by atoms with Gasteiger partial charge in [-0.15, -0.1) is 0 Å². The minimum atomic E-state index is -0.533. The van der Waals surface area contributed by atoms with Crippen molar-refractivity contribution in [3.63, 3.8) is 0 Å². The highest BCUT2D eigenvalue weighted by Gasteiger charge is 2.29. The Morgan fingerprint density at radius 1 is 1.40 bits per heavy atom. The van der Waals surface area contributed by atoms with Crippen LogP contribution in [0.4, 0.5) is 0 Å². The minimum Gasteiger partial charge on any atom is -0.459 e. The molecule has 0 aliphatic carbocycles. The van der Waals surface area contributed by atoms with Gasteiger partial charge in [-0.1, -0.05) is 12.1 Å². The average molecular weight is 340 g/mol. The van der Waals surface area contributed by atoms with Crippen molar-refractivity contribution < 1.29 is 14.3 Å². The molecule has 1 amide bonds. The lowest BCUT2D eigenvalue weighted by atomic mass is 9.99. The molecule has 108 valence electrons. The molecule has 1 aliphatic rings. The maximum Gasteiger partial charge on any atom is 0.326 e. The van der Waals surface area contributed by atoms with Gasteiger partial charge in [-0.2, -0.15) is 0 Å². The number of hydrogen-bond acceptors (Lipinski definition) is 3. The first-order valence-corrected chi connectivity index (χ1v) is 7.36. The summed E-state index contributed by atoms with van der Waals surface area (Å²) in [6, 6.07) is 5.70. The lowest BCUT2D eigenvalue weighted by Gasteiger charge is -2.29. The van der Waals surface area contributed by atoms with Crippen molar-refractivity contribution in [2.45, 2.75) is 32.8 Å². The maximum absolute atomic E-state index is 12.4. The average Bonchev–Trinajstić information content (AvgIpc) is 2.30. The Labute approximate surface area is 127 Å². The van der Waals surface area contributed by atoms with Gasteiger partial charge >= 0.3 is 5.97 Å². The molecule has 4 nitrogen and oxygen atoms in total. The minimum absolute atomic E-state index is 0.00310. The molecule has 0 spiro atoms. The third kappa shape index (κ3) is 3.39. The van der Waals surface area contributed by atoms with Gasteiger partial charge in [-0.05, 0) is 54.8 Å². The molecule has 0 saturated carbocycles. The molecule has 0 radical (unpaired) electrons. The van der Waals surface area contributed by atoms with Crippen LogP contribution < -0.4 is 0 Å². The van der Waals surface area contributed by atoms with Gasteiger partial charge in [0.05, 0.1) is 5.56 Å². The standard InChI is InChI=1S/C15H18BrNO3/c1-15(2,3)20-12(18)9-17-8-7-10-5-4-6-11(16)13(10)14(17)19/h4-6H,7-9H2,1-3H3. The number of hydrogen-bond donors (Lipinski definition) is 0. The van der Waals surface area contributed by atoms with Gasteiger partial charge in [-0.25, -0.2) is 0 Å². The number of carbonyl (C=O) groups excluding carboxylic acids is 2. The lowest BCUT2D eigenvalue weighted by Crippen LogP contribution is -2.42. The van der Waals surface area contributed by atoms with Crippen LogP contribution in [0.25, 0.3) is 0 Å². The Balaban J connectivity index is 2.12. The van der Waals surface area contributed by atoms with Crippen molar-refractivity contribution >= 4 is 27.8 Å². The SMILES string of the molecule is CC(C)(C)OC(=O)CN1CCc2cccc(Br)c2C1=O. The summed E-state index contributed by atoms with van der Waals surface area (Å²) in [6.45, 7) is 5.98. The first kappa shape index (κ1) is 15.0. The fourth-order valence-electron chi connectivity index (χ4n) is 2.21. The first-order valence-electron chi connectivity index (χ1n) is 6.56. The maximum atomic E-state index is 12.4. The number of nitrogens with zero attached hydrogens (tertiary/aromatic N) is 1. The van der Waals surface area contributed by atoms with Crippen molar-refractivity contribution in [1.82, 2.24) is 4.90 Å². The second-order valence-corrected chi connectivity index (χ2v) is 6.69. The molecule has 0 atom stereocenters. The van der Waals surface area contributed by atoms with Gasteiger partial charge in [0.15, 0.2) is 0 Å². The summed E-state index contributed by atoms with van der Waals surface area (Å²) in [6.07, 6.45) is 0.753. The topological polar surface area (TPSA) is 46.6 Å². The number of carbonyl (C=O) groups is 2. The molecule has 1 aromatic rings. The Kier molecular flexibility index (Phi) is 4.18. The quantitative estimate of drug-likeness (QED) is 0.778. The highest BCUT2D eigenvalue weighted by Crippen LogP contribution is 2.26. The summed E-state index contributed by atoms with van der Waals surface area (Å²) in [5.41, 5.74) is 1.14. The highest BCUT2D eigenvalue weighted by atomic mass is 79.9. The van der Waals surface area contributed by atoms with Crippen molar-refractivity contribution in [2.24, 2.45) is 0 Å². The molecular formula is C15H18BrNO3. The number of benzene rings is 1. The van der Waals surface area contributed by atoms with E-state index in [9.17, 15) is 9.59 Å². The van der Waals surface area contributed by atoms with Crippen LogP contribution in [0.3, 0.4) is 0 Å². The molecule has 0 fully saturated rings. The number of halogens is 1. The molecule has 5 heteroatoms. The molecule has 1 aromatic carbocycles. The number of ether oxygens (including phenoxy) is 1. The summed E-state index contributed by atoms with van der Waals surface area (Å²) < 4.78 is 6.03. The summed E-state index contributed by atoms with van der Waals surface area (Å²) in [5, 5.41) is 0. The van der Waals surface area contributed by atoms with Crippen molar-refractivity contribution in [3.8, 4) is 0 Å². The normalized spacial score (nSPS) is 15.0. The van der Waals surface area contributed by atoms with E-state index >= 15 is 0 Å². The Bertz CT molecular complexity index is 549. The molecule has 0 bridgehead atoms. The summed E-state index contributed by atoms with van der Waals surface area (Å²) in [7, 11) is 0. The molecule has 0 aromatic heterocycles. The van der Waals surface area contributed by atoms with Crippen LogP contribution in [0, 0.1) is 0 Å². The van der Waals surface area contributed by atoms with E-state index in [-0.39, 0.29) is 18.4 Å². The van der Waals surface area contributed by atoms with Crippen molar-refractivity contribution in [2.75, 3.05) is 13.1 Å². The van der Waals surface area contributed by atoms with E-state index < -0.39 is 5.60 Å². The van der Waals surface area contributed by atoms with E-state index in [0.29, 0.717) is 12.1 Å². The number of amides is 1.